The van der Waals surface area contributed by atoms with Crippen molar-refractivity contribution in [2.24, 2.45) is 11.7 Å². The topological polar surface area (TPSA) is 43.1 Å². The maximum absolute atomic E-state index is 13.0. The predicted molar refractivity (Wildman–Crippen MR) is 67.4 cm³/mol. The number of hydrogen-bond donors (Lipinski definition) is 1. The Morgan fingerprint density at radius 3 is 2.33 bits per heavy atom. The van der Waals surface area contributed by atoms with Crippen molar-refractivity contribution in [3.8, 4) is 0 Å². The van der Waals surface area contributed by atoms with E-state index in [1.807, 2.05) is 6.92 Å². The number of benzene rings is 1. The Morgan fingerprint density at radius 2 is 1.83 bits per heavy atom. The minimum atomic E-state index is -0.715. The van der Waals surface area contributed by atoms with Crippen LogP contribution in [0.1, 0.15) is 43.0 Å². The van der Waals surface area contributed by atoms with Gasteiger partial charge in [0.25, 0.3) is 0 Å². The van der Waals surface area contributed by atoms with E-state index in [2.05, 4.69) is 0 Å². The van der Waals surface area contributed by atoms with Crippen molar-refractivity contribution < 1.29 is 13.6 Å². The fourth-order valence-electron chi connectivity index (χ4n) is 1.98. The number of carbonyl (C=O) groups excluding carboxylic acids is 1. The zero-order valence-corrected chi connectivity index (χ0v) is 10.6. The fraction of sp³-hybridized carbons (Fsp3) is 0.500. The van der Waals surface area contributed by atoms with Gasteiger partial charge in [0, 0.05) is 18.1 Å². The Morgan fingerprint density at radius 1 is 1.22 bits per heavy atom. The quantitative estimate of drug-likeness (QED) is 0.760. The lowest BCUT2D eigenvalue weighted by atomic mass is 9.94. The molecule has 1 unspecified atom stereocenters. The van der Waals surface area contributed by atoms with Crippen LogP contribution in [0.3, 0.4) is 0 Å². The third-order valence-electron chi connectivity index (χ3n) is 3.12. The summed E-state index contributed by atoms with van der Waals surface area (Å²) in [4.78, 5) is 11.8. The lowest BCUT2D eigenvalue weighted by Gasteiger charge is -2.12. The predicted octanol–water partition coefficient (Wildman–Crippen LogP) is 3.30. The number of Topliss-reactive ketones (excluding diaryl/α,β-unsaturated/α-hetero) is 1. The minimum absolute atomic E-state index is 0.107. The van der Waals surface area contributed by atoms with Gasteiger partial charge in [-0.15, -0.1) is 0 Å². The summed E-state index contributed by atoms with van der Waals surface area (Å²) in [5.74, 6) is -1.25. The Bertz CT molecular complexity index is 387. The Labute approximate surface area is 106 Å². The molecule has 2 N–H and O–H groups in total. The van der Waals surface area contributed by atoms with Crippen LogP contribution < -0.4 is 5.73 Å². The third-order valence-corrected chi connectivity index (χ3v) is 3.12. The highest BCUT2D eigenvalue weighted by molar-refractivity contribution is 5.96. The third kappa shape index (κ3) is 4.53. The van der Waals surface area contributed by atoms with Crippen molar-refractivity contribution in [2.75, 3.05) is 6.54 Å². The molecule has 0 saturated heterocycles. The van der Waals surface area contributed by atoms with Crippen molar-refractivity contribution in [1.82, 2.24) is 0 Å². The van der Waals surface area contributed by atoms with Gasteiger partial charge in [-0.05, 0) is 37.4 Å². The SMILES string of the molecule is CCC(CCN)CCC(=O)c1cc(F)cc(F)c1. The fourth-order valence-corrected chi connectivity index (χ4v) is 1.98. The van der Waals surface area contributed by atoms with E-state index in [4.69, 9.17) is 5.73 Å². The van der Waals surface area contributed by atoms with E-state index < -0.39 is 11.6 Å². The van der Waals surface area contributed by atoms with Crippen molar-refractivity contribution >= 4 is 5.78 Å². The first-order valence-corrected chi connectivity index (χ1v) is 6.26. The minimum Gasteiger partial charge on any atom is -0.330 e. The normalized spacial score (nSPS) is 12.4. The molecule has 18 heavy (non-hydrogen) atoms. The number of carbonyl (C=O) groups is 1. The van der Waals surface area contributed by atoms with E-state index in [9.17, 15) is 13.6 Å². The lowest BCUT2D eigenvalue weighted by Crippen LogP contribution is -2.10. The summed E-state index contributed by atoms with van der Waals surface area (Å²) < 4.78 is 25.9. The molecule has 0 bridgehead atoms. The Hall–Kier alpha value is -1.29. The zero-order valence-electron chi connectivity index (χ0n) is 10.6. The molecular formula is C14H19F2NO. The van der Waals surface area contributed by atoms with Crippen LogP contribution in [0.25, 0.3) is 0 Å². The average Bonchev–Trinajstić information content (AvgIpc) is 2.32. The van der Waals surface area contributed by atoms with Crippen LogP contribution in [0.5, 0.6) is 0 Å². The van der Waals surface area contributed by atoms with E-state index in [1.54, 1.807) is 0 Å². The second-order valence-corrected chi connectivity index (χ2v) is 4.47. The maximum atomic E-state index is 13.0. The molecule has 0 heterocycles. The molecule has 0 fully saturated rings. The van der Waals surface area contributed by atoms with Gasteiger partial charge in [-0.2, -0.15) is 0 Å². The Kier molecular flexibility index (Phi) is 5.92. The summed E-state index contributed by atoms with van der Waals surface area (Å²) in [6, 6.07) is 2.92. The zero-order chi connectivity index (χ0) is 13.5. The summed E-state index contributed by atoms with van der Waals surface area (Å²) in [6.45, 7) is 2.65. The van der Waals surface area contributed by atoms with Crippen LogP contribution in [-0.4, -0.2) is 12.3 Å². The molecule has 0 aliphatic heterocycles. The van der Waals surface area contributed by atoms with E-state index in [-0.39, 0.29) is 11.3 Å². The summed E-state index contributed by atoms with van der Waals surface area (Å²) in [5.41, 5.74) is 5.58. The van der Waals surface area contributed by atoms with Gasteiger partial charge in [-0.25, -0.2) is 8.78 Å². The van der Waals surface area contributed by atoms with Gasteiger partial charge in [0.05, 0.1) is 0 Å². The smallest absolute Gasteiger partial charge is 0.163 e. The van der Waals surface area contributed by atoms with Crippen molar-refractivity contribution in [2.45, 2.75) is 32.6 Å². The summed E-state index contributed by atoms with van der Waals surface area (Å²) >= 11 is 0. The number of halogens is 2. The summed E-state index contributed by atoms with van der Waals surface area (Å²) in [7, 11) is 0. The van der Waals surface area contributed by atoms with Crippen molar-refractivity contribution in [3.63, 3.8) is 0 Å². The number of ketones is 1. The van der Waals surface area contributed by atoms with Gasteiger partial charge in [0.1, 0.15) is 11.6 Å². The molecule has 1 rings (SSSR count). The first kappa shape index (κ1) is 14.8. The molecule has 4 heteroatoms. The molecule has 0 aromatic heterocycles. The van der Waals surface area contributed by atoms with E-state index in [1.165, 1.54) is 0 Å². The standard InChI is InChI=1S/C14H19F2NO/c1-2-10(5-6-17)3-4-14(18)11-7-12(15)9-13(16)8-11/h7-10H,2-6,17H2,1H3. The van der Waals surface area contributed by atoms with Gasteiger partial charge in [-0.1, -0.05) is 13.3 Å². The van der Waals surface area contributed by atoms with Crippen LogP contribution in [0.4, 0.5) is 8.78 Å². The molecule has 0 saturated carbocycles. The van der Waals surface area contributed by atoms with E-state index >= 15 is 0 Å². The van der Waals surface area contributed by atoms with Crippen LogP contribution >= 0.6 is 0 Å². The second kappa shape index (κ2) is 7.21. The number of hydrogen-bond acceptors (Lipinski definition) is 2. The number of rotatable bonds is 7. The monoisotopic (exact) mass is 255 g/mol. The van der Waals surface area contributed by atoms with Crippen LogP contribution in [0.2, 0.25) is 0 Å². The molecule has 100 valence electrons. The molecule has 1 atom stereocenters. The molecular weight excluding hydrogens is 236 g/mol. The van der Waals surface area contributed by atoms with Crippen LogP contribution in [0, 0.1) is 17.6 Å². The molecule has 1 aromatic carbocycles. The molecule has 0 amide bonds. The molecule has 0 aliphatic carbocycles. The highest BCUT2D eigenvalue weighted by atomic mass is 19.1. The maximum Gasteiger partial charge on any atom is 0.163 e. The molecule has 2 nitrogen and oxygen atoms in total. The highest BCUT2D eigenvalue weighted by Gasteiger charge is 2.12. The Balaban J connectivity index is 2.59. The van der Waals surface area contributed by atoms with Gasteiger partial charge >= 0.3 is 0 Å². The van der Waals surface area contributed by atoms with Crippen LogP contribution in [0.15, 0.2) is 18.2 Å². The van der Waals surface area contributed by atoms with Crippen LogP contribution in [-0.2, 0) is 0 Å². The van der Waals surface area contributed by atoms with E-state index in [0.29, 0.717) is 25.3 Å². The molecule has 0 aliphatic rings. The van der Waals surface area contributed by atoms with Gasteiger partial charge in [-0.3, -0.25) is 4.79 Å². The van der Waals surface area contributed by atoms with E-state index in [0.717, 1.165) is 31.0 Å². The average molecular weight is 255 g/mol. The van der Waals surface area contributed by atoms with Crippen molar-refractivity contribution in [1.29, 1.82) is 0 Å². The highest BCUT2D eigenvalue weighted by Crippen LogP contribution is 2.17. The van der Waals surface area contributed by atoms with Crippen molar-refractivity contribution in [3.05, 3.63) is 35.4 Å². The molecule has 0 radical (unpaired) electrons. The first-order valence-electron chi connectivity index (χ1n) is 6.26. The molecule has 1 aromatic rings. The van der Waals surface area contributed by atoms with Gasteiger partial charge in [0.15, 0.2) is 5.78 Å². The van der Waals surface area contributed by atoms with Gasteiger partial charge < -0.3 is 5.73 Å². The second-order valence-electron chi connectivity index (χ2n) is 4.47. The lowest BCUT2D eigenvalue weighted by molar-refractivity contribution is 0.0971. The first-order chi connectivity index (χ1) is 8.56. The number of nitrogens with two attached hydrogens (primary N) is 1. The largest absolute Gasteiger partial charge is 0.330 e. The molecule has 0 spiro atoms. The summed E-state index contributed by atoms with van der Waals surface area (Å²) in [5, 5.41) is 0. The summed E-state index contributed by atoms with van der Waals surface area (Å²) in [6.07, 6.45) is 2.86. The van der Waals surface area contributed by atoms with Gasteiger partial charge in [0.2, 0.25) is 0 Å².